The Bertz CT molecular complexity index is 569. The van der Waals surface area contributed by atoms with E-state index in [-0.39, 0.29) is 12.4 Å². The van der Waals surface area contributed by atoms with E-state index < -0.39 is 0 Å². The van der Waals surface area contributed by atoms with Crippen LogP contribution in [0.3, 0.4) is 0 Å². The Balaban J connectivity index is 0.00000176. The summed E-state index contributed by atoms with van der Waals surface area (Å²) < 4.78 is 2.27. The molecular formula is C15H22ClN5S. The second-order valence-electron chi connectivity index (χ2n) is 5.26. The fourth-order valence-corrected chi connectivity index (χ4v) is 3.66. The third kappa shape index (κ3) is 4.00. The van der Waals surface area contributed by atoms with Crippen molar-refractivity contribution in [3.8, 4) is 0 Å². The van der Waals surface area contributed by atoms with Crippen molar-refractivity contribution >= 4 is 24.2 Å². The number of hydrogen-bond donors (Lipinski definition) is 1. The maximum absolute atomic E-state index is 4.47. The summed E-state index contributed by atoms with van der Waals surface area (Å²) in [5.74, 6) is 2.59. The zero-order chi connectivity index (χ0) is 14.5. The van der Waals surface area contributed by atoms with E-state index in [2.05, 4.69) is 38.1 Å². The molecule has 0 spiro atoms. The van der Waals surface area contributed by atoms with Crippen molar-refractivity contribution in [1.82, 2.24) is 25.1 Å². The first-order chi connectivity index (χ1) is 10.4. The minimum atomic E-state index is 0. The highest BCUT2D eigenvalue weighted by atomic mass is 35.5. The molecule has 3 rings (SSSR count). The summed E-state index contributed by atoms with van der Waals surface area (Å²) in [5, 5.41) is 13.3. The van der Waals surface area contributed by atoms with Gasteiger partial charge in [-0.05, 0) is 44.5 Å². The van der Waals surface area contributed by atoms with Gasteiger partial charge in [-0.15, -0.1) is 22.6 Å². The first-order valence-electron chi connectivity index (χ1n) is 7.54. The number of halogens is 1. The van der Waals surface area contributed by atoms with Crippen LogP contribution in [0.5, 0.6) is 0 Å². The molecule has 7 heteroatoms. The van der Waals surface area contributed by atoms with Crippen LogP contribution in [-0.4, -0.2) is 32.8 Å². The molecule has 120 valence electrons. The van der Waals surface area contributed by atoms with Gasteiger partial charge in [-0.3, -0.25) is 4.98 Å². The van der Waals surface area contributed by atoms with Crippen LogP contribution in [0, 0.1) is 0 Å². The average Bonchev–Trinajstić information content (AvgIpc) is 2.97. The van der Waals surface area contributed by atoms with Gasteiger partial charge in [0.25, 0.3) is 0 Å². The first kappa shape index (κ1) is 17.2. The second kappa shape index (κ2) is 8.50. The number of nitrogens with one attached hydrogen (secondary N) is 1. The molecule has 0 saturated carbocycles. The minimum Gasteiger partial charge on any atom is -0.317 e. The molecule has 0 radical (unpaired) electrons. The predicted octanol–water partition coefficient (Wildman–Crippen LogP) is 2.87. The molecular weight excluding hydrogens is 318 g/mol. The molecule has 0 aromatic carbocycles. The van der Waals surface area contributed by atoms with Crippen LogP contribution >= 0.6 is 24.2 Å². The fraction of sp³-hybridized carbons (Fsp3) is 0.533. The lowest BCUT2D eigenvalue weighted by Gasteiger charge is -2.22. The maximum Gasteiger partial charge on any atom is 0.191 e. The van der Waals surface area contributed by atoms with Gasteiger partial charge in [-0.1, -0.05) is 17.8 Å². The van der Waals surface area contributed by atoms with Crippen molar-refractivity contribution in [3.63, 3.8) is 0 Å². The standard InChI is InChI=1S/C15H21N5S.ClH/c1-2-20-14(13-5-8-16-9-6-13)18-19-15(20)21-11-12-4-3-7-17-10-12;/h3-4,7,10,13,16H,2,5-6,8-9,11H2,1H3;1H. The molecule has 0 aliphatic carbocycles. The molecule has 3 heterocycles. The number of nitrogens with zero attached hydrogens (tertiary/aromatic N) is 4. The van der Waals surface area contributed by atoms with E-state index in [1.165, 1.54) is 5.56 Å². The third-order valence-corrected chi connectivity index (χ3v) is 4.89. The Hall–Kier alpha value is -1.11. The fourth-order valence-electron chi connectivity index (χ4n) is 2.72. The minimum absolute atomic E-state index is 0. The number of pyridine rings is 1. The summed E-state index contributed by atoms with van der Waals surface area (Å²) in [4.78, 5) is 4.16. The SMILES string of the molecule is CCn1c(SCc2cccnc2)nnc1C1CCNCC1.Cl. The Morgan fingerprint density at radius 3 is 2.82 bits per heavy atom. The van der Waals surface area contributed by atoms with Gasteiger partial charge in [-0.25, -0.2) is 0 Å². The van der Waals surface area contributed by atoms with Gasteiger partial charge < -0.3 is 9.88 Å². The topological polar surface area (TPSA) is 55.6 Å². The Kier molecular flexibility index (Phi) is 6.67. The van der Waals surface area contributed by atoms with Gasteiger partial charge in [0.2, 0.25) is 0 Å². The second-order valence-corrected chi connectivity index (χ2v) is 6.20. The molecule has 0 unspecified atom stereocenters. The number of hydrogen-bond acceptors (Lipinski definition) is 5. The molecule has 22 heavy (non-hydrogen) atoms. The largest absolute Gasteiger partial charge is 0.317 e. The zero-order valence-corrected chi connectivity index (χ0v) is 14.4. The molecule has 5 nitrogen and oxygen atoms in total. The molecule has 1 aliphatic heterocycles. The van der Waals surface area contributed by atoms with Gasteiger partial charge in [0.15, 0.2) is 5.16 Å². The van der Waals surface area contributed by atoms with Crippen molar-refractivity contribution < 1.29 is 0 Å². The first-order valence-corrected chi connectivity index (χ1v) is 8.52. The zero-order valence-electron chi connectivity index (χ0n) is 12.7. The van der Waals surface area contributed by atoms with Crippen LogP contribution in [0.1, 0.15) is 37.1 Å². The van der Waals surface area contributed by atoms with Gasteiger partial charge in [-0.2, -0.15) is 0 Å². The molecule has 1 fully saturated rings. The van der Waals surface area contributed by atoms with E-state index in [1.807, 2.05) is 12.3 Å². The summed E-state index contributed by atoms with van der Waals surface area (Å²) >= 11 is 1.74. The van der Waals surface area contributed by atoms with Crippen LogP contribution in [0.25, 0.3) is 0 Å². The van der Waals surface area contributed by atoms with Crippen LogP contribution in [-0.2, 0) is 12.3 Å². The van der Waals surface area contributed by atoms with Crippen molar-refractivity contribution in [2.45, 2.75) is 43.1 Å². The molecule has 2 aromatic rings. The Labute approximate surface area is 141 Å². The number of piperidine rings is 1. The quantitative estimate of drug-likeness (QED) is 0.849. The van der Waals surface area contributed by atoms with Gasteiger partial charge in [0.05, 0.1) is 0 Å². The normalized spacial score (nSPS) is 15.5. The highest BCUT2D eigenvalue weighted by molar-refractivity contribution is 7.98. The van der Waals surface area contributed by atoms with Crippen molar-refractivity contribution in [1.29, 1.82) is 0 Å². The van der Waals surface area contributed by atoms with E-state index in [0.29, 0.717) is 5.92 Å². The molecule has 1 N–H and O–H groups in total. The summed E-state index contributed by atoms with van der Waals surface area (Å²) in [6.45, 7) is 5.27. The van der Waals surface area contributed by atoms with Crippen molar-refractivity contribution in [2.75, 3.05) is 13.1 Å². The van der Waals surface area contributed by atoms with E-state index in [0.717, 1.165) is 49.2 Å². The highest BCUT2D eigenvalue weighted by Gasteiger charge is 2.22. The number of aromatic nitrogens is 4. The van der Waals surface area contributed by atoms with Crippen LogP contribution in [0.4, 0.5) is 0 Å². The molecule has 0 bridgehead atoms. The van der Waals surface area contributed by atoms with Gasteiger partial charge >= 0.3 is 0 Å². The summed E-state index contributed by atoms with van der Waals surface area (Å²) in [6.07, 6.45) is 6.03. The van der Waals surface area contributed by atoms with Crippen LogP contribution in [0.15, 0.2) is 29.7 Å². The van der Waals surface area contributed by atoms with Crippen LogP contribution < -0.4 is 5.32 Å². The van der Waals surface area contributed by atoms with E-state index >= 15 is 0 Å². The third-order valence-electron chi connectivity index (χ3n) is 3.86. The van der Waals surface area contributed by atoms with Crippen molar-refractivity contribution in [2.24, 2.45) is 0 Å². The highest BCUT2D eigenvalue weighted by Crippen LogP contribution is 2.28. The monoisotopic (exact) mass is 339 g/mol. The molecule has 1 aliphatic rings. The lowest BCUT2D eigenvalue weighted by molar-refractivity contribution is 0.428. The predicted molar refractivity (Wildman–Crippen MR) is 91.6 cm³/mol. The summed E-state index contributed by atoms with van der Waals surface area (Å²) in [5.41, 5.74) is 1.22. The van der Waals surface area contributed by atoms with Gasteiger partial charge in [0.1, 0.15) is 5.82 Å². The summed E-state index contributed by atoms with van der Waals surface area (Å²) in [6, 6.07) is 4.07. The van der Waals surface area contributed by atoms with E-state index in [1.54, 1.807) is 18.0 Å². The number of rotatable bonds is 5. The summed E-state index contributed by atoms with van der Waals surface area (Å²) in [7, 11) is 0. The Morgan fingerprint density at radius 1 is 1.32 bits per heavy atom. The number of thioether (sulfide) groups is 1. The Morgan fingerprint density at radius 2 is 2.14 bits per heavy atom. The van der Waals surface area contributed by atoms with E-state index in [9.17, 15) is 0 Å². The lowest BCUT2D eigenvalue weighted by Crippen LogP contribution is -2.28. The van der Waals surface area contributed by atoms with E-state index in [4.69, 9.17) is 0 Å². The van der Waals surface area contributed by atoms with Crippen molar-refractivity contribution in [3.05, 3.63) is 35.9 Å². The lowest BCUT2D eigenvalue weighted by atomic mass is 9.97. The average molecular weight is 340 g/mol. The molecule has 1 saturated heterocycles. The molecule has 2 aromatic heterocycles. The molecule has 0 amide bonds. The maximum atomic E-state index is 4.47. The van der Waals surface area contributed by atoms with Gasteiger partial charge in [0, 0.05) is 30.6 Å². The smallest absolute Gasteiger partial charge is 0.191 e. The van der Waals surface area contributed by atoms with Crippen LogP contribution in [0.2, 0.25) is 0 Å². The molecule has 0 atom stereocenters.